The average Bonchev–Trinajstić information content (AvgIpc) is 3.26. The number of carbonyl (C=O) groups excluding carboxylic acids is 1. The highest BCUT2D eigenvalue weighted by molar-refractivity contribution is 5.89. The Morgan fingerprint density at radius 2 is 1.85 bits per heavy atom. The molecule has 3 atom stereocenters. The Morgan fingerprint density at radius 3 is 2.67 bits per heavy atom. The molecule has 0 bridgehead atoms. The van der Waals surface area contributed by atoms with Gasteiger partial charge in [-0.15, -0.1) is 0 Å². The number of benzene rings is 3. The van der Waals surface area contributed by atoms with Gasteiger partial charge in [-0.1, -0.05) is 60.7 Å². The van der Waals surface area contributed by atoms with Crippen LogP contribution in [-0.2, 0) is 16.1 Å². The number of esters is 1. The molecule has 0 unspecified atom stereocenters. The molecule has 2 aliphatic heterocycles. The van der Waals surface area contributed by atoms with Gasteiger partial charge in [0.25, 0.3) is 0 Å². The van der Waals surface area contributed by atoms with E-state index in [9.17, 15) is 4.79 Å². The molecule has 136 valence electrons. The minimum absolute atomic E-state index is 0.0513. The van der Waals surface area contributed by atoms with Gasteiger partial charge in [-0.25, -0.2) is 0 Å². The zero-order valence-corrected chi connectivity index (χ0v) is 15.2. The lowest BCUT2D eigenvalue weighted by Crippen LogP contribution is -2.30. The largest absolute Gasteiger partial charge is 0.487 e. The molecule has 0 N–H and O–H groups in total. The van der Waals surface area contributed by atoms with Crippen molar-refractivity contribution in [3.63, 3.8) is 0 Å². The van der Waals surface area contributed by atoms with E-state index in [1.807, 2.05) is 12.1 Å². The van der Waals surface area contributed by atoms with Crippen molar-refractivity contribution in [1.82, 2.24) is 4.90 Å². The fourth-order valence-electron chi connectivity index (χ4n) is 4.56. The van der Waals surface area contributed by atoms with Crippen LogP contribution in [0.25, 0.3) is 10.8 Å². The van der Waals surface area contributed by atoms with Gasteiger partial charge in [-0.05, 0) is 22.4 Å². The minimum Gasteiger partial charge on any atom is -0.487 e. The van der Waals surface area contributed by atoms with Crippen molar-refractivity contribution in [3.8, 4) is 5.75 Å². The van der Waals surface area contributed by atoms with Gasteiger partial charge >= 0.3 is 5.97 Å². The second-order valence-corrected chi connectivity index (χ2v) is 7.27. The van der Waals surface area contributed by atoms with E-state index in [0.717, 1.165) is 12.3 Å². The summed E-state index contributed by atoms with van der Waals surface area (Å²) in [5, 5.41) is 2.40. The zero-order chi connectivity index (χ0) is 18.4. The molecule has 3 aromatic carbocycles. The summed E-state index contributed by atoms with van der Waals surface area (Å²) in [6, 6.07) is 22.9. The summed E-state index contributed by atoms with van der Waals surface area (Å²) in [5.74, 6) is 0.405. The van der Waals surface area contributed by atoms with Gasteiger partial charge in [-0.3, -0.25) is 9.69 Å². The van der Waals surface area contributed by atoms with Crippen LogP contribution in [0.1, 0.15) is 17.2 Å². The Hall–Kier alpha value is -2.85. The van der Waals surface area contributed by atoms with Crippen molar-refractivity contribution in [2.75, 3.05) is 13.7 Å². The number of fused-ring (bicyclic) bond motifs is 5. The first-order valence-corrected chi connectivity index (χ1v) is 9.30. The van der Waals surface area contributed by atoms with Crippen LogP contribution in [-0.4, -0.2) is 30.6 Å². The topological polar surface area (TPSA) is 38.8 Å². The van der Waals surface area contributed by atoms with Crippen LogP contribution in [0.15, 0.2) is 66.7 Å². The second kappa shape index (κ2) is 6.39. The number of hydrogen-bond donors (Lipinski definition) is 0. The molecule has 4 nitrogen and oxygen atoms in total. The van der Waals surface area contributed by atoms with Gasteiger partial charge in [0.15, 0.2) is 0 Å². The third-order valence-corrected chi connectivity index (χ3v) is 5.75. The molecule has 0 aliphatic carbocycles. The zero-order valence-electron chi connectivity index (χ0n) is 15.2. The van der Waals surface area contributed by atoms with Crippen molar-refractivity contribution in [3.05, 3.63) is 77.9 Å². The summed E-state index contributed by atoms with van der Waals surface area (Å²) in [5.41, 5.74) is 2.43. The van der Waals surface area contributed by atoms with E-state index in [2.05, 4.69) is 59.5 Å². The van der Waals surface area contributed by atoms with Crippen LogP contribution in [0, 0.1) is 5.92 Å². The standard InChI is InChI=1S/C23H21NO3/c1-26-23(25)18-14-24(13-15-7-3-2-4-8-15)21-20-17-10-6-5-9-16(17)11-12-19(20)27-22(18)21/h2-12,18,21-22H,13-14H2,1H3/t18-,21+,22+/m1/s1. The lowest BCUT2D eigenvalue weighted by atomic mass is 9.94. The summed E-state index contributed by atoms with van der Waals surface area (Å²) >= 11 is 0. The summed E-state index contributed by atoms with van der Waals surface area (Å²) in [6.07, 6.45) is -0.207. The Balaban J connectivity index is 1.60. The van der Waals surface area contributed by atoms with E-state index in [-0.39, 0.29) is 24.0 Å². The lowest BCUT2D eigenvalue weighted by Gasteiger charge is -2.23. The third kappa shape index (κ3) is 2.60. The molecule has 1 saturated heterocycles. The normalized spacial score (nSPS) is 23.7. The van der Waals surface area contributed by atoms with E-state index >= 15 is 0 Å². The summed E-state index contributed by atoms with van der Waals surface area (Å²) in [7, 11) is 1.45. The Kier molecular flexibility index (Phi) is 3.87. The van der Waals surface area contributed by atoms with Crippen molar-refractivity contribution < 1.29 is 14.3 Å². The number of methoxy groups -OCH3 is 1. The molecule has 0 spiro atoms. The molecule has 5 rings (SSSR count). The fraction of sp³-hybridized carbons (Fsp3) is 0.261. The predicted molar refractivity (Wildman–Crippen MR) is 103 cm³/mol. The molecule has 0 saturated carbocycles. The lowest BCUT2D eigenvalue weighted by molar-refractivity contribution is -0.147. The van der Waals surface area contributed by atoms with Gasteiger partial charge in [0.1, 0.15) is 17.8 Å². The Bertz CT molecular complexity index is 1000. The minimum atomic E-state index is -0.283. The monoisotopic (exact) mass is 359 g/mol. The first-order chi connectivity index (χ1) is 13.3. The van der Waals surface area contributed by atoms with Crippen LogP contribution in [0.2, 0.25) is 0 Å². The predicted octanol–water partition coefficient (Wildman–Crippen LogP) is 3.95. The Morgan fingerprint density at radius 1 is 1.07 bits per heavy atom. The van der Waals surface area contributed by atoms with Gasteiger partial charge in [0, 0.05) is 18.7 Å². The molecule has 1 fully saturated rings. The van der Waals surface area contributed by atoms with Crippen LogP contribution < -0.4 is 4.74 Å². The first-order valence-electron chi connectivity index (χ1n) is 9.30. The highest BCUT2D eigenvalue weighted by atomic mass is 16.5. The maximum absolute atomic E-state index is 12.4. The van der Waals surface area contributed by atoms with Crippen molar-refractivity contribution in [1.29, 1.82) is 0 Å². The summed E-state index contributed by atoms with van der Waals surface area (Å²) < 4.78 is 11.4. The van der Waals surface area contributed by atoms with Crippen LogP contribution in [0.3, 0.4) is 0 Å². The maximum atomic E-state index is 12.4. The summed E-state index contributed by atoms with van der Waals surface area (Å²) in [4.78, 5) is 14.8. The van der Waals surface area contributed by atoms with E-state index < -0.39 is 0 Å². The molecule has 0 radical (unpaired) electrons. The number of ether oxygens (including phenoxy) is 2. The molecular formula is C23H21NO3. The van der Waals surface area contributed by atoms with Crippen LogP contribution in [0.4, 0.5) is 0 Å². The van der Waals surface area contributed by atoms with Gasteiger partial charge < -0.3 is 9.47 Å². The van der Waals surface area contributed by atoms with Gasteiger partial charge in [-0.2, -0.15) is 0 Å². The number of nitrogens with zero attached hydrogens (tertiary/aromatic N) is 1. The van der Waals surface area contributed by atoms with Crippen LogP contribution in [0.5, 0.6) is 5.75 Å². The maximum Gasteiger partial charge on any atom is 0.313 e. The number of hydrogen-bond acceptors (Lipinski definition) is 4. The van der Waals surface area contributed by atoms with Gasteiger partial charge in [0.05, 0.1) is 13.2 Å². The molecule has 2 aliphatic rings. The number of rotatable bonds is 3. The van der Waals surface area contributed by atoms with E-state index in [0.29, 0.717) is 6.54 Å². The number of carbonyl (C=O) groups is 1. The van der Waals surface area contributed by atoms with Gasteiger partial charge in [0.2, 0.25) is 0 Å². The highest BCUT2D eigenvalue weighted by Gasteiger charge is 2.52. The third-order valence-electron chi connectivity index (χ3n) is 5.75. The smallest absolute Gasteiger partial charge is 0.313 e. The van der Waals surface area contributed by atoms with E-state index in [1.165, 1.54) is 29.0 Å². The molecule has 27 heavy (non-hydrogen) atoms. The van der Waals surface area contributed by atoms with E-state index in [1.54, 1.807) is 0 Å². The molecule has 4 heteroatoms. The average molecular weight is 359 g/mol. The molecule has 2 heterocycles. The van der Waals surface area contributed by atoms with Crippen molar-refractivity contribution >= 4 is 16.7 Å². The SMILES string of the molecule is COC(=O)[C@@H]1CN(Cc2ccccc2)[C@H]2c3c(ccc4ccccc34)O[C@@H]12. The Labute approximate surface area is 158 Å². The first kappa shape index (κ1) is 16.3. The fourth-order valence-corrected chi connectivity index (χ4v) is 4.56. The van der Waals surface area contributed by atoms with Crippen molar-refractivity contribution in [2.45, 2.75) is 18.7 Å². The van der Waals surface area contributed by atoms with Crippen LogP contribution >= 0.6 is 0 Å². The second-order valence-electron chi connectivity index (χ2n) is 7.27. The molecule has 3 aromatic rings. The number of likely N-dealkylation sites (tertiary alicyclic amines) is 1. The van der Waals surface area contributed by atoms with Crippen molar-refractivity contribution in [2.24, 2.45) is 5.92 Å². The molecule has 0 aromatic heterocycles. The van der Waals surface area contributed by atoms with E-state index in [4.69, 9.17) is 9.47 Å². The summed E-state index contributed by atoms with van der Waals surface area (Å²) in [6.45, 7) is 1.42. The molecule has 0 amide bonds. The quantitative estimate of drug-likeness (QED) is 0.664. The molecular weight excluding hydrogens is 338 g/mol. The highest BCUT2D eigenvalue weighted by Crippen LogP contribution is 2.50.